The minimum Gasteiger partial charge on any atom is -0.478 e. The summed E-state index contributed by atoms with van der Waals surface area (Å²) in [6, 6.07) is 15.1. The average molecular weight is 343 g/mol. The van der Waals surface area contributed by atoms with Crippen molar-refractivity contribution in [3.63, 3.8) is 0 Å². The summed E-state index contributed by atoms with van der Waals surface area (Å²) in [7, 11) is 0. The molecule has 0 radical (unpaired) electrons. The number of nitrogens with one attached hydrogen (secondary N) is 1. The van der Waals surface area contributed by atoms with Crippen molar-refractivity contribution in [2.24, 2.45) is 0 Å². The van der Waals surface area contributed by atoms with Crippen molar-refractivity contribution in [2.75, 3.05) is 12.3 Å². The fourth-order valence-electron chi connectivity index (χ4n) is 2.32. The zero-order chi connectivity index (χ0) is 17.4. The van der Waals surface area contributed by atoms with Crippen LogP contribution in [0.3, 0.4) is 0 Å². The third-order valence-corrected chi connectivity index (χ3v) is 4.50. The fraction of sp³-hybridized carbons (Fsp3) is 0.263. The molecule has 0 fully saturated rings. The SMILES string of the molecule is Cc1cccc(CSCC(=O)NCCc2cccc(C(=O)O)c2)c1. The van der Waals surface area contributed by atoms with Gasteiger partial charge in [-0.15, -0.1) is 11.8 Å². The topological polar surface area (TPSA) is 66.4 Å². The van der Waals surface area contributed by atoms with E-state index in [0.29, 0.717) is 18.7 Å². The van der Waals surface area contributed by atoms with Gasteiger partial charge in [-0.05, 0) is 36.6 Å². The Morgan fingerprint density at radius 1 is 1.08 bits per heavy atom. The number of aromatic carboxylic acids is 1. The first kappa shape index (κ1) is 18.1. The number of carboxylic acids is 1. The Kier molecular flexibility index (Phi) is 6.88. The maximum absolute atomic E-state index is 11.8. The molecule has 5 heteroatoms. The highest BCUT2D eigenvalue weighted by molar-refractivity contribution is 7.99. The summed E-state index contributed by atoms with van der Waals surface area (Å²) in [6.45, 7) is 2.56. The van der Waals surface area contributed by atoms with Gasteiger partial charge in [-0.25, -0.2) is 4.79 Å². The van der Waals surface area contributed by atoms with Gasteiger partial charge >= 0.3 is 5.97 Å². The molecule has 0 saturated carbocycles. The maximum atomic E-state index is 11.8. The summed E-state index contributed by atoms with van der Waals surface area (Å²) >= 11 is 1.59. The summed E-state index contributed by atoms with van der Waals surface area (Å²) in [4.78, 5) is 22.8. The molecule has 2 rings (SSSR count). The van der Waals surface area contributed by atoms with Crippen LogP contribution < -0.4 is 5.32 Å². The minimum absolute atomic E-state index is 0.00189. The molecule has 2 N–H and O–H groups in total. The Hall–Kier alpha value is -2.27. The molecule has 2 aromatic rings. The Bertz CT molecular complexity index is 715. The van der Waals surface area contributed by atoms with Crippen molar-refractivity contribution in [3.05, 3.63) is 70.8 Å². The molecule has 24 heavy (non-hydrogen) atoms. The van der Waals surface area contributed by atoms with Crippen LogP contribution in [-0.2, 0) is 17.0 Å². The Morgan fingerprint density at radius 3 is 2.58 bits per heavy atom. The van der Waals surface area contributed by atoms with E-state index in [-0.39, 0.29) is 11.5 Å². The van der Waals surface area contributed by atoms with Crippen LogP contribution in [0, 0.1) is 6.92 Å². The second-order valence-corrected chi connectivity index (χ2v) is 6.57. The van der Waals surface area contributed by atoms with E-state index in [1.807, 2.05) is 12.1 Å². The molecule has 0 aromatic heterocycles. The molecule has 2 aromatic carbocycles. The van der Waals surface area contributed by atoms with Crippen LogP contribution in [0.25, 0.3) is 0 Å². The molecule has 0 unspecified atom stereocenters. The Morgan fingerprint density at radius 2 is 1.83 bits per heavy atom. The van der Waals surface area contributed by atoms with Crippen LogP contribution in [0.2, 0.25) is 0 Å². The number of benzene rings is 2. The van der Waals surface area contributed by atoms with Crippen molar-refractivity contribution >= 4 is 23.6 Å². The van der Waals surface area contributed by atoms with Gasteiger partial charge < -0.3 is 10.4 Å². The first-order chi connectivity index (χ1) is 11.5. The lowest BCUT2D eigenvalue weighted by Crippen LogP contribution is -2.27. The molecule has 4 nitrogen and oxygen atoms in total. The van der Waals surface area contributed by atoms with Crippen LogP contribution in [-0.4, -0.2) is 29.3 Å². The third kappa shape index (κ3) is 6.08. The van der Waals surface area contributed by atoms with E-state index in [0.717, 1.165) is 11.3 Å². The van der Waals surface area contributed by atoms with Gasteiger partial charge in [0, 0.05) is 12.3 Å². The molecule has 0 aliphatic rings. The highest BCUT2D eigenvalue weighted by Crippen LogP contribution is 2.13. The van der Waals surface area contributed by atoms with Crippen LogP contribution in [0.15, 0.2) is 48.5 Å². The second-order valence-electron chi connectivity index (χ2n) is 5.59. The molecular formula is C19H21NO3S. The predicted molar refractivity (Wildman–Crippen MR) is 97.5 cm³/mol. The van der Waals surface area contributed by atoms with Crippen molar-refractivity contribution in [3.8, 4) is 0 Å². The van der Waals surface area contributed by atoms with Gasteiger partial charge in [-0.1, -0.05) is 42.0 Å². The Balaban J connectivity index is 1.68. The van der Waals surface area contributed by atoms with E-state index in [1.54, 1.807) is 30.0 Å². The standard InChI is InChI=1S/C19H21NO3S/c1-14-4-2-6-16(10-14)12-24-13-18(21)20-9-8-15-5-3-7-17(11-15)19(22)23/h2-7,10-11H,8-9,12-13H2,1H3,(H,20,21)(H,22,23). The fourth-order valence-corrected chi connectivity index (χ4v) is 3.13. The zero-order valence-corrected chi connectivity index (χ0v) is 14.4. The number of amides is 1. The second kappa shape index (κ2) is 9.13. The molecular weight excluding hydrogens is 322 g/mol. The van der Waals surface area contributed by atoms with E-state index in [4.69, 9.17) is 5.11 Å². The van der Waals surface area contributed by atoms with Gasteiger partial charge in [0.25, 0.3) is 0 Å². The van der Waals surface area contributed by atoms with Crippen LogP contribution in [0.4, 0.5) is 0 Å². The number of aryl methyl sites for hydroxylation is 1. The van der Waals surface area contributed by atoms with E-state index >= 15 is 0 Å². The number of carbonyl (C=O) groups is 2. The molecule has 1 amide bonds. The van der Waals surface area contributed by atoms with Crippen molar-refractivity contribution in [1.29, 1.82) is 0 Å². The number of carbonyl (C=O) groups excluding carboxylic acids is 1. The zero-order valence-electron chi connectivity index (χ0n) is 13.6. The summed E-state index contributed by atoms with van der Waals surface area (Å²) < 4.78 is 0. The monoisotopic (exact) mass is 343 g/mol. The van der Waals surface area contributed by atoms with Crippen molar-refractivity contribution < 1.29 is 14.7 Å². The lowest BCUT2D eigenvalue weighted by Gasteiger charge is -2.06. The predicted octanol–water partition coefficient (Wildman–Crippen LogP) is 3.29. The van der Waals surface area contributed by atoms with Gasteiger partial charge in [0.05, 0.1) is 11.3 Å². The highest BCUT2D eigenvalue weighted by Gasteiger charge is 2.05. The molecule has 0 atom stereocenters. The molecule has 0 aliphatic heterocycles. The lowest BCUT2D eigenvalue weighted by molar-refractivity contribution is -0.118. The van der Waals surface area contributed by atoms with Gasteiger partial charge in [-0.3, -0.25) is 4.79 Å². The average Bonchev–Trinajstić information content (AvgIpc) is 2.55. The van der Waals surface area contributed by atoms with Crippen LogP contribution in [0.1, 0.15) is 27.0 Å². The minimum atomic E-state index is -0.937. The lowest BCUT2D eigenvalue weighted by atomic mass is 10.1. The molecule has 0 aliphatic carbocycles. The van der Waals surface area contributed by atoms with Crippen molar-refractivity contribution in [2.45, 2.75) is 19.1 Å². The summed E-state index contributed by atoms with van der Waals surface area (Å²) in [5.74, 6) is 0.300. The molecule has 0 bridgehead atoms. The number of carboxylic acid groups (broad SMARTS) is 1. The quantitative estimate of drug-likeness (QED) is 0.772. The molecule has 126 valence electrons. The molecule has 0 saturated heterocycles. The van der Waals surface area contributed by atoms with Crippen molar-refractivity contribution in [1.82, 2.24) is 5.32 Å². The summed E-state index contributed by atoms with van der Waals surface area (Å²) in [5, 5.41) is 11.8. The van der Waals surface area contributed by atoms with Gasteiger partial charge in [0.1, 0.15) is 0 Å². The number of thioether (sulfide) groups is 1. The largest absolute Gasteiger partial charge is 0.478 e. The first-order valence-electron chi connectivity index (χ1n) is 7.77. The van der Waals surface area contributed by atoms with Gasteiger partial charge in [0.15, 0.2) is 0 Å². The smallest absolute Gasteiger partial charge is 0.335 e. The molecule has 0 heterocycles. The van der Waals surface area contributed by atoms with Crippen LogP contribution in [0.5, 0.6) is 0 Å². The highest BCUT2D eigenvalue weighted by atomic mass is 32.2. The first-order valence-corrected chi connectivity index (χ1v) is 8.92. The maximum Gasteiger partial charge on any atom is 0.335 e. The Labute approximate surface area is 146 Å². The number of hydrogen-bond donors (Lipinski definition) is 2. The van der Waals surface area contributed by atoms with Crippen LogP contribution >= 0.6 is 11.8 Å². The van der Waals surface area contributed by atoms with E-state index in [2.05, 4.69) is 30.4 Å². The van der Waals surface area contributed by atoms with Gasteiger partial charge in [-0.2, -0.15) is 0 Å². The van der Waals surface area contributed by atoms with E-state index in [9.17, 15) is 9.59 Å². The van der Waals surface area contributed by atoms with Gasteiger partial charge in [0.2, 0.25) is 5.91 Å². The number of rotatable bonds is 8. The normalized spacial score (nSPS) is 10.4. The van der Waals surface area contributed by atoms with E-state index in [1.165, 1.54) is 11.1 Å². The molecule has 0 spiro atoms. The summed E-state index contributed by atoms with van der Waals surface area (Å²) in [6.07, 6.45) is 0.620. The summed E-state index contributed by atoms with van der Waals surface area (Å²) in [5.41, 5.74) is 3.62. The third-order valence-electron chi connectivity index (χ3n) is 3.49. The van der Waals surface area contributed by atoms with E-state index < -0.39 is 5.97 Å². The number of hydrogen-bond acceptors (Lipinski definition) is 3.